The number of carbonyl (C=O) groups excluding carboxylic acids is 1. The summed E-state index contributed by atoms with van der Waals surface area (Å²) in [7, 11) is 1.70. The van der Waals surface area contributed by atoms with Crippen LogP contribution in [0.4, 0.5) is 4.39 Å². The lowest BCUT2D eigenvalue weighted by atomic mass is 10.1. The molecule has 0 saturated carbocycles. The summed E-state index contributed by atoms with van der Waals surface area (Å²) in [5.74, 6) is 0.883. The first-order chi connectivity index (χ1) is 15.0. The van der Waals surface area contributed by atoms with E-state index in [1.807, 2.05) is 45.0 Å². The zero-order chi connectivity index (χ0) is 22.6. The molecule has 6 nitrogen and oxygen atoms in total. The Hall–Kier alpha value is -3.09. The van der Waals surface area contributed by atoms with Crippen molar-refractivity contribution in [1.29, 1.82) is 0 Å². The highest BCUT2D eigenvalue weighted by atomic mass is 19.1. The number of hydrogen-bond donors (Lipinski definition) is 2. The Kier molecular flexibility index (Phi) is 9.81. The molecule has 1 atom stereocenters. The monoisotopic (exact) mass is 428 g/mol. The Balaban J connectivity index is 1.85. The van der Waals surface area contributed by atoms with Crippen molar-refractivity contribution in [1.82, 2.24) is 15.5 Å². The van der Waals surface area contributed by atoms with Crippen LogP contribution in [0.5, 0.6) is 5.75 Å². The van der Waals surface area contributed by atoms with Crippen LogP contribution in [-0.2, 0) is 6.54 Å². The molecule has 31 heavy (non-hydrogen) atoms. The second kappa shape index (κ2) is 12.6. The Bertz CT molecular complexity index is 851. The fourth-order valence-corrected chi connectivity index (χ4v) is 3.08. The molecule has 2 aromatic rings. The van der Waals surface area contributed by atoms with Crippen molar-refractivity contribution < 1.29 is 13.9 Å². The Morgan fingerprint density at radius 1 is 1.10 bits per heavy atom. The SMILES string of the molecule is CCC(CNC(=NC)NCc1ccc(C(=O)N(CC)CC)cc1)Oc1cccc(F)c1. The third-order valence-electron chi connectivity index (χ3n) is 4.99. The molecule has 0 aliphatic heterocycles. The minimum atomic E-state index is -0.317. The molecule has 0 spiro atoms. The van der Waals surface area contributed by atoms with Crippen LogP contribution in [0, 0.1) is 5.82 Å². The third kappa shape index (κ3) is 7.59. The van der Waals surface area contributed by atoms with Crippen molar-refractivity contribution in [3.63, 3.8) is 0 Å². The zero-order valence-electron chi connectivity index (χ0n) is 18.8. The third-order valence-corrected chi connectivity index (χ3v) is 4.99. The predicted octanol–water partition coefficient (Wildman–Crippen LogP) is 3.83. The van der Waals surface area contributed by atoms with Gasteiger partial charge in [-0.05, 0) is 50.1 Å². The number of halogens is 1. The predicted molar refractivity (Wildman–Crippen MR) is 123 cm³/mol. The van der Waals surface area contributed by atoms with Crippen molar-refractivity contribution in [2.75, 3.05) is 26.7 Å². The molecule has 168 valence electrons. The molecule has 2 aromatic carbocycles. The first-order valence-corrected chi connectivity index (χ1v) is 10.8. The smallest absolute Gasteiger partial charge is 0.253 e. The molecular formula is C24H33FN4O2. The van der Waals surface area contributed by atoms with Gasteiger partial charge in [0.05, 0.1) is 6.54 Å². The molecule has 0 aliphatic carbocycles. The van der Waals surface area contributed by atoms with E-state index in [1.54, 1.807) is 24.1 Å². The van der Waals surface area contributed by atoms with Crippen LogP contribution >= 0.6 is 0 Å². The number of carbonyl (C=O) groups is 1. The topological polar surface area (TPSA) is 66.0 Å². The van der Waals surface area contributed by atoms with Gasteiger partial charge in [0.15, 0.2) is 5.96 Å². The van der Waals surface area contributed by atoms with Gasteiger partial charge in [-0.15, -0.1) is 0 Å². The van der Waals surface area contributed by atoms with E-state index in [4.69, 9.17) is 4.74 Å². The van der Waals surface area contributed by atoms with E-state index in [0.29, 0.717) is 43.5 Å². The van der Waals surface area contributed by atoms with Gasteiger partial charge in [0, 0.05) is 38.3 Å². The second-order valence-corrected chi connectivity index (χ2v) is 7.09. The number of nitrogens with zero attached hydrogens (tertiary/aromatic N) is 2. The molecule has 0 radical (unpaired) electrons. The number of rotatable bonds is 10. The van der Waals surface area contributed by atoms with E-state index in [1.165, 1.54) is 12.1 Å². The Labute approximate surface area is 184 Å². The number of nitrogens with one attached hydrogen (secondary N) is 2. The summed E-state index contributed by atoms with van der Waals surface area (Å²) in [6.45, 7) is 8.47. The summed E-state index contributed by atoms with van der Waals surface area (Å²) < 4.78 is 19.2. The lowest BCUT2D eigenvalue weighted by Crippen LogP contribution is -2.42. The van der Waals surface area contributed by atoms with Crippen molar-refractivity contribution in [3.8, 4) is 5.75 Å². The molecule has 1 unspecified atom stereocenters. The van der Waals surface area contributed by atoms with Crippen LogP contribution in [0.15, 0.2) is 53.5 Å². The first-order valence-electron chi connectivity index (χ1n) is 10.8. The molecule has 7 heteroatoms. The van der Waals surface area contributed by atoms with Gasteiger partial charge in [-0.3, -0.25) is 9.79 Å². The quantitative estimate of drug-likeness (QED) is 0.446. The number of aliphatic imine (C=N–C) groups is 1. The van der Waals surface area contributed by atoms with E-state index < -0.39 is 0 Å². The van der Waals surface area contributed by atoms with E-state index in [9.17, 15) is 9.18 Å². The van der Waals surface area contributed by atoms with Crippen LogP contribution in [0.3, 0.4) is 0 Å². The van der Waals surface area contributed by atoms with Gasteiger partial charge in [0.1, 0.15) is 17.7 Å². The van der Waals surface area contributed by atoms with Gasteiger partial charge in [-0.2, -0.15) is 0 Å². The van der Waals surface area contributed by atoms with Gasteiger partial charge >= 0.3 is 0 Å². The fourth-order valence-electron chi connectivity index (χ4n) is 3.08. The van der Waals surface area contributed by atoms with Crippen LogP contribution in [0.2, 0.25) is 0 Å². The number of guanidine groups is 1. The van der Waals surface area contributed by atoms with Gasteiger partial charge in [-0.1, -0.05) is 25.1 Å². The number of amides is 1. The van der Waals surface area contributed by atoms with Crippen molar-refractivity contribution in [3.05, 3.63) is 65.5 Å². The molecule has 0 fully saturated rings. The Morgan fingerprint density at radius 3 is 2.39 bits per heavy atom. The summed E-state index contributed by atoms with van der Waals surface area (Å²) in [5, 5.41) is 6.50. The zero-order valence-corrected chi connectivity index (χ0v) is 18.8. The highest BCUT2D eigenvalue weighted by Gasteiger charge is 2.12. The van der Waals surface area contributed by atoms with Gasteiger partial charge in [0.2, 0.25) is 0 Å². The minimum absolute atomic E-state index is 0.0471. The lowest BCUT2D eigenvalue weighted by molar-refractivity contribution is 0.0773. The minimum Gasteiger partial charge on any atom is -0.489 e. The van der Waals surface area contributed by atoms with Crippen molar-refractivity contribution >= 4 is 11.9 Å². The highest BCUT2D eigenvalue weighted by molar-refractivity contribution is 5.94. The number of ether oxygens (including phenoxy) is 1. The van der Waals surface area contributed by atoms with E-state index in [2.05, 4.69) is 15.6 Å². The summed E-state index contributed by atoms with van der Waals surface area (Å²) in [6, 6.07) is 13.7. The average Bonchev–Trinajstić information content (AvgIpc) is 2.79. The van der Waals surface area contributed by atoms with Crippen LogP contribution in [0.25, 0.3) is 0 Å². The summed E-state index contributed by atoms with van der Waals surface area (Å²) in [6.07, 6.45) is 0.647. The Morgan fingerprint density at radius 2 is 1.81 bits per heavy atom. The maximum absolute atomic E-state index is 13.4. The van der Waals surface area contributed by atoms with Gasteiger partial charge in [0.25, 0.3) is 5.91 Å². The normalized spacial score (nSPS) is 12.2. The average molecular weight is 429 g/mol. The maximum Gasteiger partial charge on any atom is 0.253 e. The standard InChI is InChI=1S/C24H33FN4O2/c1-5-21(31-22-10-8-9-20(25)15-22)17-28-24(26-4)27-16-18-11-13-19(14-12-18)23(30)29(6-2)7-3/h8-15,21H,5-7,16-17H2,1-4H3,(H2,26,27,28). The summed E-state index contributed by atoms with van der Waals surface area (Å²) in [4.78, 5) is 18.4. The van der Waals surface area contributed by atoms with Crippen molar-refractivity contribution in [2.45, 2.75) is 39.8 Å². The number of benzene rings is 2. The van der Waals surface area contributed by atoms with Crippen LogP contribution in [-0.4, -0.2) is 49.6 Å². The van der Waals surface area contributed by atoms with Gasteiger partial charge < -0.3 is 20.3 Å². The summed E-state index contributed by atoms with van der Waals surface area (Å²) in [5.41, 5.74) is 1.73. The molecule has 0 heterocycles. The van der Waals surface area contributed by atoms with Crippen molar-refractivity contribution in [2.24, 2.45) is 4.99 Å². The molecular weight excluding hydrogens is 395 g/mol. The summed E-state index contributed by atoms with van der Waals surface area (Å²) >= 11 is 0. The molecule has 0 saturated heterocycles. The van der Waals surface area contributed by atoms with Crippen LogP contribution in [0.1, 0.15) is 43.1 Å². The van der Waals surface area contributed by atoms with Gasteiger partial charge in [-0.25, -0.2) is 4.39 Å². The molecule has 2 N–H and O–H groups in total. The molecule has 0 aromatic heterocycles. The molecule has 0 aliphatic rings. The lowest BCUT2D eigenvalue weighted by Gasteiger charge is -2.20. The molecule has 1 amide bonds. The van der Waals surface area contributed by atoms with E-state index in [0.717, 1.165) is 12.0 Å². The molecule has 2 rings (SSSR count). The van der Waals surface area contributed by atoms with E-state index in [-0.39, 0.29) is 17.8 Å². The fraction of sp³-hybridized carbons (Fsp3) is 0.417. The largest absolute Gasteiger partial charge is 0.489 e. The van der Waals surface area contributed by atoms with Crippen LogP contribution < -0.4 is 15.4 Å². The molecule has 0 bridgehead atoms. The first kappa shape index (κ1) is 24.2. The second-order valence-electron chi connectivity index (χ2n) is 7.09. The number of hydrogen-bond acceptors (Lipinski definition) is 3. The highest BCUT2D eigenvalue weighted by Crippen LogP contribution is 2.14. The van der Waals surface area contributed by atoms with E-state index >= 15 is 0 Å². The maximum atomic E-state index is 13.4.